The number of nitrogens with one attached hydrogen (secondary N) is 1. The van der Waals surface area contributed by atoms with E-state index in [1.54, 1.807) is 24.3 Å². The summed E-state index contributed by atoms with van der Waals surface area (Å²) in [5, 5.41) is 4.47. The minimum atomic E-state index is -0.219. The van der Waals surface area contributed by atoms with Crippen molar-refractivity contribution in [1.29, 1.82) is 0 Å². The van der Waals surface area contributed by atoms with Crippen molar-refractivity contribution in [1.82, 2.24) is 5.32 Å². The molecule has 1 atom stereocenters. The van der Waals surface area contributed by atoms with Gasteiger partial charge in [0.05, 0.1) is 6.04 Å². The fraction of sp³-hybridized carbons (Fsp3) is 0.118. The van der Waals surface area contributed by atoms with Crippen LogP contribution in [-0.2, 0) is 0 Å². The molecule has 1 aromatic heterocycles. The molecule has 3 aromatic rings. The fourth-order valence-corrected chi connectivity index (χ4v) is 2.39. The Kier molecular flexibility index (Phi) is 3.67. The van der Waals surface area contributed by atoms with Gasteiger partial charge in [-0.05, 0) is 37.3 Å². The van der Waals surface area contributed by atoms with Gasteiger partial charge in [-0.2, -0.15) is 0 Å². The lowest BCUT2D eigenvalue weighted by atomic mass is 10.1. The number of furan rings is 1. The lowest BCUT2D eigenvalue weighted by Gasteiger charge is -2.11. The van der Waals surface area contributed by atoms with Gasteiger partial charge in [-0.1, -0.05) is 35.9 Å². The van der Waals surface area contributed by atoms with Gasteiger partial charge in [-0.15, -0.1) is 0 Å². The van der Waals surface area contributed by atoms with Gasteiger partial charge in [-0.25, -0.2) is 0 Å². The average molecular weight is 300 g/mol. The van der Waals surface area contributed by atoms with Crippen molar-refractivity contribution < 1.29 is 9.21 Å². The minimum absolute atomic E-state index is 0.176. The molecule has 2 aromatic carbocycles. The van der Waals surface area contributed by atoms with Gasteiger partial charge in [0.15, 0.2) is 0 Å². The van der Waals surface area contributed by atoms with Gasteiger partial charge in [0.25, 0.3) is 5.91 Å². The first-order valence-electron chi connectivity index (χ1n) is 6.68. The van der Waals surface area contributed by atoms with Crippen molar-refractivity contribution in [2.75, 3.05) is 0 Å². The normalized spacial score (nSPS) is 12.3. The van der Waals surface area contributed by atoms with Crippen LogP contribution >= 0.6 is 11.6 Å². The standard InChI is InChI=1S/C17H14ClNO2/c1-11(16-10-12-5-2-3-8-15(12)21-16)19-17(20)13-6-4-7-14(18)9-13/h2-11H,1H3,(H,19,20)/t11-/m0/s1. The number of hydrogen-bond acceptors (Lipinski definition) is 2. The van der Waals surface area contributed by atoms with E-state index in [-0.39, 0.29) is 11.9 Å². The van der Waals surface area contributed by atoms with Crippen molar-refractivity contribution in [3.05, 3.63) is 70.9 Å². The van der Waals surface area contributed by atoms with Crippen LogP contribution < -0.4 is 5.32 Å². The molecule has 0 bridgehead atoms. The van der Waals surface area contributed by atoms with Gasteiger partial charge in [0.2, 0.25) is 0 Å². The Bertz CT molecular complexity index is 761. The molecule has 0 aliphatic carbocycles. The van der Waals surface area contributed by atoms with Crippen LogP contribution in [0.15, 0.2) is 59.0 Å². The zero-order chi connectivity index (χ0) is 14.8. The van der Waals surface area contributed by atoms with E-state index in [4.69, 9.17) is 16.0 Å². The number of carbonyl (C=O) groups is 1. The average Bonchev–Trinajstić information content (AvgIpc) is 2.91. The molecule has 1 heterocycles. The van der Waals surface area contributed by atoms with E-state index in [1.807, 2.05) is 37.3 Å². The molecule has 1 amide bonds. The highest BCUT2D eigenvalue weighted by molar-refractivity contribution is 6.30. The Balaban J connectivity index is 1.79. The number of benzene rings is 2. The number of fused-ring (bicyclic) bond motifs is 1. The molecule has 3 nitrogen and oxygen atoms in total. The first-order valence-corrected chi connectivity index (χ1v) is 7.06. The molecule has 0 spiro atoms. The third-order valence-corrected chi connectivity index (χ3v) is 3.54. The van der Waals surface area contributed by atoms with Gasteiger partial charge >= 0.3 is 0 Å². The molecule has 0 aliphatic heterocycles. The van der Waals surface area contributed by atoms with E-state index in [0.29, 0.717) is 10.6 Å². The second-order valence-electron chi connectivity index (χ2n) is 4.89. The number of hydrogen-bond donors (Lipinski definition) is 1. The maximum absolute atomic E-state index is 12.2. The zero-order valence-electron chi connectivity index (χ0n) is 11.5. The quantitative estimate of drug-likeness (QED) is 0.769. The molecule has 0 aliphatic rings. The Labute approximate surface area is 127 Å². The summed E-state index contributed by atoms with van der Waals surface area (Å²) in [5.41, 5.74) is 1.35. The Morgan fingerprint density at radius 2 is 1.95 bits per heavy atom. The largest absolute Gasteiger partial charge is 0.459 e. The number of carbonyl (C=O) groups excluding carboxylic acids is 1. The fourth-order valence-electron chi connectivity index (χ4n) is 2.20. The summed E-state index contributed by atoms with van der Waals surface area (Å²) in [6, 6.07) is 16.3. The van der Waals surface area contributed by atoms with E-state index >= 15 is 0 Å². The number of para-hydroxylation sites is 1. The van der Waals surface area contributed by atoms with Crippen LogP contribution in [0.25, 0.3) is 11.0 Å². The summed E-state index contributed by atoms with van der Waals surface area (Å²) < 4.78 is 5.75. The van der Waals surface area contributed by atoms with Crippen LogP contribution in [0.3, 0.4) is 0 Å². The third-order valence-electron chi connectivity index (χ3n) is 3.31. The first-order chi connectivity index (χ1) is 10.1. The summed E-state index contributed by atoms with van der Waals surface area (Å²) in [6.07, 6.45) is 0. The Morgan fingerprint density at radius 3 is 2.71 bits per heavy atom. The van der Waals surface area contributed by atoms with Crippen LogP contribution in [0.1, 0.15) is 29.1 Å². The van der Waals surface area contributed by atoms with Crippen molar-refractivity contribution in [2.45, 2.75) is 13.0 Å². The van der Waals surface area contributed by atoms with Crippen molar-refractivity contribution in [2.24, 2.45) is 0 Å². The van der Waals surface area contributed by atoms with Gasteiger partial charge in [0.1, 0.15) is 11.3 Å². The summed E-state index contributed by atoms with van der Waals surface area (Å²) in [6.45, 7) is 1.89. The van der Waals surface area contributed by atoms with Gasteiger partial charge < -0.3 is 9.73 Å². The lowest BCUT2D eigenvalue weighted by Crippen LogP contribution is -2.26. The van der Waals surface area contributed by atoms with E-state index < -0.39 is 0 Å². The van der Waals surface area contributed by atoms with Crippen LogP contribution in [0.4, 0.5) is 0 Å². The second-order valence-corrected chi connectivity index (χ2v) is 5.33. The summed E-state index contributed by atoms with van der Waals surface area (Å²) in [7, 11) is 0. The number of halogens is 1. The molecule has 21 heavy (non-hydrogen) atoms. The molecule has 3 rings (SSSR count). The predicted octanol–water partition coefficient (Wildman–Crippen LogP) is 4.58. The van der Waals surface area contributed by atoms with Crippen molar-refractivity contribution in [3.63, 3.8) is 0 Å². The highest BCUT2D eigenvalue weighted by atomic mass is 35.5. The topological polar surface area (TPSA) is 42.2 Å². The number of amides is 1. The minimum Gasteiger partial charge on any atom is -0.459 e. The molecule has 0 saturated heterocycles. The highest BCUT2D eigenvalue weighted by Crippen LogP contribution is 2.23. The maximum Gasteiger partial charge on any atom is 0.251 e. The molecule has 4 heteroatoms. The molecule has 106 valence electrons. The Hall–Kier alpha value is -2.26. The summed E-state index contributed by atoms with van der Waals surface area (Å²) in [4.78, 5) is 12.2. The van der Waals surface area contributed by atoms with Gasteiger partial charge in [0, 0.05) is 16.0 Å². The lowest BCUT2D eigenvalue weighted by molar-refractivity contribution is 0.0935. The van der Waals surface area contributed by atoms with E-state index in [1.165, 1.54) is 0 Å². The van der Waals surface area contributed by atoms with E-state index in [9.17, 15) is 4.79 Å². The van der Waals surface area contributed by atoms with Crippen LogP contribution in [-0.4, -0.2) is 5.91 Å². The monoisotopic (exact) mass is 299 g/mol. The van der Waals surface area contributed by atoms with Crippen molar-refractivity contribution in [3.8, 4) is 0 Å². The SMILES string of the molecule is C[C@H](NC(=O)c1cccc(Cl)c1)c1cc2ccccc2o1. The van der Waals surface area contributed by atoms with Crippen LogP contribution in [0.2, 0.25) is 5.02 Å². The third kappa shape index (κ3) is 2.93. The Morgan fingerprint density at radius 1 is 1.14 bits per heavy atom. The highest BCUT2D eigenvalue weighted by Gasteiger charge is 2.15. The molecular weight excluding hydrogens is 286 g/mol. The number of rotatable bonds is 3. The predicted molar refractivity (Wildman–Crippen MR) is 83.5 cm³/mol. The summed E-state index contributed by atoms with van der Waals surface area (Å²) in [5.74, 6) is 0.553. The molecule has 0 radical (unpaired) electrons. The van der Waals surface area contributed by atoms with Gasteiger partial charge in [-0.3, -0.25) is 4.79 Å². The van der Waals surface area contributed by atoms with E-state index in [2.05, 4.69) is 5.32 Å². The molecule has 1 N–H and O–H groups in total. The second kappa shape index (κ2) is 5.62. The molecular formula is C17H14ClNO2. The van der Waals surface area contributed by atoms with Crippen LogP contribution in [0, 0.1) is 0 Å². The van der Waals surface area contributed by atoms with Crippen molar-refractivity contribution >= 4 is 28.5 Å². The molecule has 0 fully saturated rings. The van der Waals surface area contributed by atoms with Crippen LogP contribution in [0.5, 0.6) is 0 Å². The first kappa shape index (κ1) is 13.7. The summed E-state index contributed by atoms with van der Waals surface area (Å²) >= 11 is 5.90. The maximum atomic E-state index is 12.2. The van der Waals surface area contributed by atoms with E-state index in [0.717, 1.165) is 16.7 Å². The zero-order valence-corrected chi connectivity index (χ0v) is 12.2. The molecule has 0 unspecified atom stereocenters. The smallest absolute Gasteiger partial charge is 0.251 e. The molecule has 0 saturated carbocycles.